The quantitative estimate of drug-likeness (QED) is 0.482. The summed E-state index contributed by atoms with van der Waals surface area (Å²) in [7, 11) is 1.06. The van der Waals surface area contributed by atoms with E-state index in [1.54, 1.807) is 0 Å². The van der Waals surface area contributed by atoms with Crippen molar-refractivity contribution in [1.29, 1.82) is 0 Å². The van der Waals surface area contributed by atoms with Gasteiger partial charge in [0, 0.05) is 17.8 Å². The van der Waals surface area contributed by atoms with Crippen LogP contribution in [0.4, 0.5) is 17.6 Å². The van der Waals surface area contributed by atoms with Crippen molar-refractivity contribution in [2.45, 2.75) is 6.18 Å². The molecule has 2 rings (SSSR count). The molecule has 0 amide bonds. The van der Waals surface area contributed by atoms with Crippen molar-refractivity contribution in [3.63, 3.8) is 0 Å². The summed E-state index contributed by atoms with van der Waals surface area (Å²) in [6, 6.07) is 5.41. The highest BCUT2D eigenvalue weighted by Gasteiger charge is 2.34. The van der Waals surface area contributed by atoms with Crippen molar-refractivity contribution < 1.29 is 27.1 Å². The average Bonchev–Trinajstić information content (AvgIpc) is 2.45. The van der Waals surface area contributed by atoms with E-state index < -0.39 is 23.7 Å². The van der Waals surface area contributed by atoms with Crippen LogP contribution in [0.5, 0.6) is 0 Å². The maximum absolute atomic E-state index is 13.2. The summed E-state index contributed by atoms with van der Waals surface area (Å²) < 4.78 is 56.7. The molecular weight excluding hydrogens is 290 g/mol. The summed E-state index contributed by atoms with van der Waals surface area (Å²) in [6.45, 7) is 0. The zero-order chi connectivity index (χ0) is 15.6. The molecule has 2 aromatic rings. The summed E-state index contributed by atoms with van der Waals surface area (Å²) in [5, 5.41) is 0. The molecule has 110 valence electrons. The molecule has 0 saturated heterocycles. The average molecular weight is 299 g/mol. The van der Waals surface area contributed by atoms with Crippen molar-refractivity contribution in [2.24, 2.45) is 0 Å². The molecule has 0 bridgehead atoms. The number of methoxy groups -OCH3 is 1. The molecule has 0 aliphatic heterocycles. The Bertz CT molecular complexity index is 683. The van der Waals surface area contributed by atoms with Gasteiger partial charge >= 0.3 is 12.1 Å². The molecule has 1 aromatic carbocycles. The van der Waals surface area contributed by atoms with E-state index >= 15 is 0 Å². The Balaban J connectivity index is 2.71. The number of esters is 1. The van der Waals surface area contributed by atoms with Gasteiger partial charge in [-0.2, -0.15) is 17.6 Å². The molecule has 21 heavy (non-hydrogen) atoms. The molecule has 1 aromatic heterocycles. The van der Waals surface area contributed by atoms with Gasteiger partial charge < -0.3 is 4.74 Å². The lowest BCUT2D eigenvalue weighted by Crippen LogP contribution is -2.10. The standard InChI is InChI=1S/C14H9F4NO2/c1-21-13(20)9-6-12(15)19-7-10(9)8-4-2-3-5-11(8)14(16,17)18/h2-7H,1H3. The number of alkyl halides is 3. The van der Waals surface area contributed by atoms with Crippen LogP contribution in [0.15, 0.2) is 36.5 Å². The van der Waals surface area contributed by atoms with Crippen LogP contribution in [0, 0.1) is 5.95 Å². The monoisotopic (exact) mass is 299 g/mol. The van der Waals surface area contributed by atoms with E-state index in [0.29, 0.717) is 0 Å². The summed E-state index contributed by atoms with van der Waals surface area (Å²) in [5.74, 6) is -1.92. The molecule has 3 nitrogen and oxygen atoms in total. The fraction of sp³-hybridized carbons (Fsp3) is 0.143. The number of pyridine rings is 1. The highest BCUT2D eigenvalue weighted by Crippen LogP contribution is 2.38. The first-order valence-electron chi connectivity index (χ1n) is 5.75. The molecule has 0 aliphatic carbocycles. The molecule has 0 atom stereocenters. The van der Waals surface area contributed by atoms with Gasteiger partial charge in [0.1, 0.15) is 0 Å². The van der Waals surface area contributed by atoms with E-state index in [0.717, 1.165) is 25.4 Å². The van der Waals surface area contributed by atoms with Crippen LogP contribution >= 0.6 is 0 Å². The van der Waals surface area contributed by atoms with Gasteiger partial charge in [-0.1, -0.05) is 18.2 Å². The second-order valence-corrected chi connectivity index (χ2v) is 4.09. The molecule has 0 radical (unpaired) electrons. The van der Waals surface area contributed by atoms with Gasteiger partial charge in [-0.25, -0.2) is 9.78 Å². The Labute approximate surface area is 117 Å². The Morgan fingerprint density at radius 3 is 2.48 bits per heavy atom. The molecule has 1 heterocycles. The number of aromatic nitrogens is 1. The Morgan fingerprint density at radius 1 is 1.19 bits per heavy atom. The summed E-state index contributed by atoms with van der Waals surface area (Å²) >= 11 is 0. The number of hydrogen-bond acceptors (Lipinski definition) is 3. The van der Waals surface area contributed by atoms with Gasteiger partial charge in [0.25, 0.3) is 0 Å². The molecule has 7 heteroatoms. The number of benzene rings is 1. The third-order valence-corrected chi connectivity index (χ3v) is 2.80. The molecule has 0 aliphatic rings. The smallest absolute Gasteiger partial charge is 0.417 e. The lowest BCUT2D eigenvalue weighted by molar-refractivity contribution is -0.137. The number of carbonyl (C=O) groups is 1. The van der Waals surface area contributed by atoms with Crippen molar-refractivity contribution in [3.8, 4) is 11.1 Å². The summed E-state index contributed by atoms with van der Waals surface area (Å²) in [5.41, 5.74) is -1.67. The highest BCUT2D eigenvalue weighted by molar-refractivity contribution is 5.97. The first-order chi connectivity index (χ1) is 9.84. The van der Waals surface area contributed by atoms with Crippen molar-refractivity contribution in [1.82, 2.24) is 4.98 Å². The maximum atomic E-state index is 13.2. The zero-order valence-electron chi connectivity index (χ0n) is 10.7. The SMILES string of the molecule is COC(=O)c1cc(F)ncc1-c1ccccc1C(F)(F)F. The van der Waals surface area contributed by atoms with Gasteiger partial charge in [-0.05, 0) is 11.6 Å². The molecule has 0 fully saturated rings. The minimum atomic E-state index is -4.61. The number of carbonyl (C=O) groups excluding carboxylic acids is 1. The predicted octanol–water partition coefficient (Wildman–Crippen LogP) is 3.69. The van der Waals surface area contributed by atoms with Crippen molar-refractivity contribution in [2.75, 3.05) is 7.11 Å². The van der Waals surface area contributed by atoms with E-state index in [4.69, 9.17) is 0 Å². The first kappa shape index (κ1) is 15.0. The minimum Gasteiger partial charge on any atom is -0.465 e. The maximum Gasteiger partial charge on any atom is 0.417 e. The third kappa shape index (κ3) is 3.01. The van der Waals surface area contributed by atoms with Crippen molar-refractivity contribution >= 4 is 5.97 Å². The van der Waals surface area contributed by atoms with Crippen LogP contribution in [0.25, 0.3) is 11.1 Å². The summed E-state index contributed by atoms with van der Waals surface area (Å²) in [6.07, 6.45) is -3.73. The van der Waals surface area contributed by atoms with Crippen LogP contribution in [0.2, 0.25) is 0 Å². The minimum absolute atomic E-state index is 0.142. The molecular formula is C14H9F4NO2. The van der Waals surface area contributed by atoms with Crippen LogP contribution in [0.1, 0.15) is 15.9 Å². The van der Waals surface area contributed by atoms with Crippen LogP contribution in [-0.2, 0) is 10.9 Å². The Hall–Kier alpha value is -2.44. The van der Waals surface area contributed by atoms with E-state index in [9.17, 15) is 22.4 Å². The van der Waals surface area contributed by atoms with Crippen molar-refractivity contribution in [3.05, 3.63) is 53.6 Å². The summed E-state index contributed by atoms with van der Waals surface area (Å²) in [4.78, 5) is 14.9. The molecule has 0 spiro atoms. The van der Waals surface area contributed by atoms with Gasteiger partial charge in [-0.3, -0.25) is 0 Å². The molecule has 0 unspecified atom stereocenters. The number of rotatable bonds is 2. The third-order valence-electron chi connectivity index (χ3n) is 2.80. The normalized spacial score (nSPS) is 11.3. The van der Waals surface area contributed by atoms with Gasteiger partial charge in [0.05, 0.1) is 18.2 Å². The van der Waals surface area contributed by atoms with Gasteiger partial charge in [-0.15, -0.1) is 0 Å². The van der Waals surface area contributed by atoms with Crippen LogP contribution in [-0.4, -0.2) is 18.1 Å². The lowest BCUT2D eigenvalue weighted by Gasteiger charge is -2.14. The number of ether oxygens (including phenoxy) is 1. The largest absolute Gasteiger partial charge is 0.465 e. The lowest BCUT2D eigenvalue weighted by atomic mass is 9.97. The van der Waals surface area contributed by atoms with Gasteiger partial charge in [0.15, 0.2) is 0 Å². The molecule has 0 N–H and O–H groups in total. The van der Waals surface area contributed by atoms with Gasteiger partial charge in [0.2, 0.25) is 5.95 Å². The number of nitrogens with zero attached hydrogens (tertiary/aromatic N) is 1. The Morgan fingerprint density at radius 2 is 1.86 bits per heavy atom. The van der Waals surface area contributed by atoms with E-state index in [-0.39, 0.29) is 16.7 Å². The fourth-order valence-electron chi connectivity index (χ4n) is 1.89. The first-order valence-corrected chi connectivity index (χ1v) is 5.75. The fourth-order valence-corrected chi connectivity index (χ4v) is 1.89. The van der Waals surface area contributed by atoms with Crippen LogP contribution < -0.4 is 0 Å². The van der Waals surface area contributed by atoms with E-state index in [1.165, 1.54) is 18.2 Å². The predicted molar refractivity (Wildman–Crippen MR) is 66.0 cm³/mol. The Kier molecular flexibility index (Phi) is 3.93. The molecule has 0 saturated carbocycles. The highest BCUT2D eigenvalue weighted by atomic mass is 19.4. The number of halogens is 4. The topological polar surface area (TPSA) is 39.2 Å². The van der Waals surface area contributed by atoms with E-state index in [1.807, 2.05) is 0 Å². The second-order valence-electron chi connectivity index (χ2n) is 4.09. The van der Waals surface area contributed by atoms with Crippen LogP contribution in [0.3, 0.4) is 0 Å². The number of hydrogen-bond donors (Lipinski definition) is 0. The second kappa shape index (κ2) is 5.51. The zero-order valence-corrected chi connectivity index (χ0v) is 10.7. The van der Waals surface area contributed by atoms with E-state index in [2.05, 4.69) is 9.72 Å².